The molecule has 1 amide bonds. The fraction of sp³-hybridized carbons (Fsp3) is 0.462. The van der Waals surface area contributed by atoms with E-state index in [4.69, 9.17) is 5.73 Å². The Morgan fingerprint density at radius 3 is 2.38 bits per heavy atom. The normalized spacial score (nSPS) is 14.4. The molecule has 1 rings (SSSR count). The molecule has 1 aromatic carbocycles. The second kappa shape index (κ2) is 7.67. The van der Waals surface area contributed by atoms with Crippen molar-refractivity contribution in [3.63, 3.8) is 0 Å². The maximum absolute atomic E-state index is 12.0. The fourth-order valence-corrected chi connectivity index (χ4v) is 4.02. The van der Waals surface area contributed by atoms with Crippen molar-refractivity contribution in [3.05, 3.63) is 29.8 Å². The monoisotopic (exact) mass is 332 g/mol. The Bertz CT molecular complexity index is 612. The van der Waals surface area contributed by atoms with Crippen LogP contribution in [0.15, 0.2) is 24.3 Å². The molecule has 0 saturated carbocycles. The van der Waals surface area contributed by atoms with Crippen molar-refractivity contribution in [2.24, 2.45) is 5.73 Å². The molecule has 0 aliphatic carbocycles. The second-order valence-corrected chi connectivity index (χ2v) is 8.88. The summed E-state index contributed by atoms with van der Waals surface area (Å²) in [7, 11) is -4.71. The van der Waals surface area contributed by atoms with Gasteiger partial charge in [0.1, 0.15) is 15.1 Å². The highest BCUT2D eigenvalue weighted by Gasteiger charge is 2.21. The number of nitrogens with two attached hydrogens (primary N) is 1. The molecule has 0 aliphatic heterocycles. The first kappa shape index (κ1) is 17.8. The molecule has 0 aliphatic rings. The minimum Gasteiger partial charge on any atom is -0.326 e. The summed E-state index contributed by atoms with van der Waals surface area (Å²) in [6, 6.07) is 7.01. The number of sulfone groups is 1. The molecule has 0 spiro atoms. The van der Waals surface area contributed by atoms with Gasteiger partial charge in [-0.2, -0.15) is 0 Å². The van der Waals surface area contributed by atoms with Gasteiger partial charge in [0.15, 0.2) is 0 Å². The highest BCUT2D eigenvalue weighted by molar-refractivity contribution is 7.92. The number of hydrogen-bond acceptors (Lipinski definition) is 5. The lowest BCUT2D eigenvalue weighted by Crippen LogP contribution is -2.31. The third-order valence-corrected chi connectivity index (χ3v) is 5.69. The van der Waals surface area contributed by atoms with Crippen LogP contribution in [-0.2, 0) is 32.0 Å². The minimum atomic E-state index is -3.18. The zero-order valence-corrected chi connectivity index (χ0v) is 13.7. The number of carbonyl (C=O) groups excluding carboxylic acids is 1. The van der Waals surface area contributed by atoms with Crippen molar-refractivity contribution in [1.82, 2.24) is 0 Å². The molecule has 2 atom stereocenters. The molecule has 0 saturated heterocycles. The smallest absolute Gasteiger partial charge is 0.239 e. The first-order valence-electron chi connectivity index (χ1n) is 6.37. The molecular formula is C13H20N2O4S2. The summed E-state index contributed by atoms with van der Waals surface area (Å²) >= 11 is 0. The van der Waals surface area contributed by atoms with Gasteiger partial charge in [0.25, 0.3) is 0 Å². The average Bonchev–Trinajstić information content (AvgIpc) is 2.43. The molecule has 0 heterocycles. The summed E-state index contributed by atoms with van der Waals surface area (Å²) in [5, 5.41) is 1.87. The summed E-state index contributed by atoms with van der Waals surface area (Å²) in [6.07, 6.45) is 1.08. The van der Waals surface area contributed by atoms with Crippen LogP contribution in [0, 0.1) is 0 Å². The molecular weight excluding hydrogens is 312 g/mol. The molecule has 118 valence electrons. The first-order chi connectivity index (χ1) is 9.73. The van der Waals surface area contributed by atoms with E-state index in [9.17, 15) is 17.4 Å². The average molecular weight is 332 g/mol. The largest absolute Gasteiger partial charge is 0.326 e. The lowest BCUT2D eigenvalue weighted by molar-refractivity contribution is -0.115. The van der Waals surface area contributed by atoms with Crippen molar-refractivity contribution < 1.29 is 17.4 Å². The van der Waals surface area contributed by atoms with Gasteiger partial charge < -0.3 is 11.1 Å². The third kappa shape index (κ3) is 6.36. The molecule has 0 bridgehead atoms. The Balaban J connectivity index is 2.59. The molecule has 1 aromatic rings. The highest BCUT2D eigenvalue weighted by atomic mass is 32.2. The van der Waals surface area contributed by atoms with E-state index in [2.05, 4.69) is 5.32 Å². The summed E-state index contributed by atoms with van der Waals surface area (Å²) in [5.74, 6) is -0.635. The van der Waals surface area contributed by atoms with Crippen LogP contribution in [0.3, 0.4) is 0 Å². The van der Waals surface area contributed by atoms with Crippen LogP contribution in [0.4, 0.5) is 5.69 Å². The van der Waals surface area contributed by atoms with Crippen LogP contribution in [-0.4, -0.2) is 41.5 Å². The van der Waals surface area contributed by atoms with Gasteiger partial charge in [0.05, 0.1) is 5.75 Å². The summed E-state index contributed by atoms with van der Waals surface area (Å²) < 4.78 is 34.0. The molecule has 21 heavy (non-hydrogen) atoms. The predicted molar refractivity (Wildman–Crippen MR) is 85.1 cm³/mol. The molecule has 3 N–H and O–H groups in total. The lowest BCUT2D eigenvalue weighted by atomic mass is 10.2. The van der Waals surface area contributed by atoms with Crippen molar-refractivity contribution in [2.45, 2.75) is 18.7 Å². The fourth-order valence-electron chi connectivity index (χ4n) is 1.50. The van der Waals surface area contributed by atoms with E-state index >= 15 is 0 Å². The van der Waals surface area contributed by atoms with Crippen LogP contribution in [0.5, 0.6) is 0 Å². The number of carbonyl (C=O) groups is 1. The van der Waals surface area contributed by atoms with E-state index in [1.165, 1.54) is 6.92 Å². The molecule has 0 radical (unpaired) electrons. The summed E-state index contributed by atoms with van der Waals surface area (Å²) in [6.45, 7) is 1.93. The van der Waals surface area contributed by atoms with Crippen LogP contribution in [0.25, 0.3) is 0 Å². The third-order valence-electron chi connectivity index (χ3n) is 2.88. The van der Waals surface area contributed by atoms with E-state index < -0.39 is 31.8 Å². The summed E-state index contributed by atoms with van der Waals surface area (Å²) in [5.41, 5.74) is 7.01. The van der Waals surface area contributed by atoms with Crippen LogP contribution >= 0.6 is 0 Å². The van der Waals surface area contributed by atoms with Crippen LogP contribution < -0.4 is 11.1 Å². The van der Waals surface area contributed by atoms with Gasteiger partial charge in [-0.05, 0) is 24.6 Å². The van der Waals surface area contributed by atoms with E-state index in [0.717, 1.165) is 11.8 Å². The van der Waals surface area contributed by atoms with Crippen LogP contribution in [0.2, 0.25) is 0 Å². The maximum atomic E-state index is 12.0. The number of hydrogen-bond donors (Lipinski definition) is 2. The van der Waals surface area contributed by atoms with Crippen molar-refractivity contribution in [2.75, 3.05) is 23.1 Å². The van der Waals surface area contributed by atoms with Crippen LogP contribution in [0.1, 0.15) is 12.5 Å². The Labute approximate surface area is 127 Å². The van der Waals surface area contributed by atoms with Gasteiger partial charge >= 0.3 is 0 Å². The van der Waals surface area contributed by atoms with Crippen molar-refractivity contribution in [3.8, 4) is 0 Å². The van der Waals surface area contributed by atoms with E-state index in [1.54, 1.807) is 24.3 Å². The molecule has 8 heteroatoms. The number of nitrogens with one attached hydrogen (secondary N) is 1. The Kier molecular flexibility index (Phi) is 6.50. The van der Waals surface area contributed by atoms with Gasteiger partial charge in [-0.3, -0.25) is 9.00 Å². The van der Waals surface area contributed by atoms with Gasteiger partial charge in [-0.25, -0.2) is 8.42 Å². The molecule has 6 nitrogen and oxygen atoms in total. The number of anilines is 1. The van der Waals surface area contributed by atoms with Gasteiger partial charge in [-0.1, -0.05) is 12.1 Å². The number of benzene rings is 1. The lowest BCUT2D eigenvalue weighted by Gasteiger charge is -2.12. The van der Waals surface area contributed by atoms with Gasteiger partial charge in [0, 0.05) is 35.0 Å². The van der Waals surface area contributed by atoms with E-state index in [0.29, 0.717) is 12.2 Å². The number of amides is 1. The van der Waals surface area contributed by atoms with Crippen molar-refractivity contribution >= 4 is 32.2 Å². The number of rotatable bonds is 7. The highest BCUT2D eigenvalue weighted by Crippen LogP contribution is 2.10. The van der Waals surface area contributed by atoms with E-state index in [-0.39, 0.29) is 11.5 Å². The molecule has 0 aromatic heterocycles. The SMILES string of the molecule is CC(C(=O)Nc1ccc(CN)cc1)S(=O)CCS(C)(=O)=O. The maximum Gasteiger partial charge on any atom is 0.239 e. The van der Waals surface area contributed by atoms with Crippen molar-refractivity contribution in [1.29, 1.82) is 0 Å². The Morgan fingerprint density at radius 2 is 1.90 bits per heavy atom. The standard InChI is InChI=1S/C13H20N2O4S2/c1-10(20(17)7-8-21(2,18)19)13(16)15-12-5-3-11(9-14)4-6-12/h3-6,10H,7-9,14H2,1-2H3,(H,15,16). The molecule has 2 unspecified atom stereocenters. The Hall–Kier alpha value is -1.25. The quantitative estimate of drug-likeness (QED) is 0.745. The topological polar surface area (TPSA) is 106 Å². The van der Waals surface area contributed by atoms with Gasteiger partial charge in [-0.15, -0.1) is 0 Å². The summed E-state index contributed by atoms with van der Waals surface area (Å²) in [4.78, 5) is 12.0. The first-order valence-corrected chi connectivity index (χ1v) is 9.82. The minimum absolute atomic E-state index is 0.0421. The zero-order valence-electron chi connectivity index (χ0n) is 12.0. The molecule has 0 fully saturated rings. The predicted octanol–water partition coefficient (Wildman–Crippen LogP) is 0.266. The second-order valence-electron chi connectivity index (χ2n) is 4.75. The Morgan fingerprint density at radius 1 is 1.33 bits per heavy atom. The van der Waals surface area contributed by atoms with Gasteiger partial charge in [0.2, 0.25) is 5.91 Å². The zero-order chi connectivity index (χ0) is 16.0. The van der Waals surface area contributed by atoms with E-state index in [1.807, 2.05) is 0 Å².